The van der Waals surface area contributed by atoms with Crippen molar-refractivity contribution in [3.05, 3.63) is 27.2 Å². The van der Waals surface area contributed by atoms with Crippen LogP contribution in [0.25, 0.3) is 0 Å². The Morgan fingerprint density at radius 3 is 2.57 bits per heavy atom. The molecule has 1 aromatic rings. The van der Waals surface area contributed by atoms with E-state index in [-0.39, 0.29) is 28.2 Å². The van der Waals surface area contributed by atoms with Crippen molar-refractivity contribution >= 4 is 35.0 Å². The molecule has 30 heavy (non-hydrogen) atoms. The maximum atomic E-state index is 13.8. The first-order valence-electron chi connectivity index (χ1n) is 11.2. The molecular formula is C24H30Cl2O4. The van der Waals surface area contributed by atoms with Crippen molar-refractivity contribution in [2.24, 2.45) is 23.2 Å². The van der Waals surface area contributed by atoms with Crippen molar-refractivity contribution < 1.29 is 19.4 Å². The number of Topliss-reactive ketones (excluding diaryl/α,β-unsaturated/α-hetero) is 1. The lowest BCUT2D eigenvalue weighted by Gasteiger charge is -2.34. The van der Waals surface area contributed by atoms with Crippen LogP contribution in [0.1, 0.15) is 81.1 Å². The third-order valence-corrected chi connectivity index (χ3v) is 8.48. The molecule has 4 rings (SSSR count). The molecule has 3 aliphatic carbocycles. The molecule has 0 spiro atoms. The quantitative estimate of drug-likeness (QED) is 0.506. The maximum absolute atomic E-state index is 13.8. The number of fused-ring (bicyclic) bond motifs is 1. The van der Waals surface area contributed by atoms with Gasteiger partial charge in [-0.25, -0.2) is 0 Å². The minimum Gasteiger partial charge on any atom is -0.489 e. The summed E-state index contributed by atoms with van der Waals surface area (Å²) >= 11 is 13.2. The normalized spacial score (nSPS) is 32.7. The van der Waals surface area contributed by atoms with Crippen LogP contribution < -0.4 is 4.74 Å². The van der Waals surface area contributed by atoms with E-state index in [9.17, 15) is 9.59 Å². The smallest absolute Gasteiger partial charge is 0.306 e. The first-order chi connectivity index (χ1) is 14.3. The number of halogens is 2. The number of carbonyl (C=O) groups is 2. The van der Waals surface area contributed by atoms with Crippen molar-refractivity contribution in [3.8, 4) is 5.75 Å². The van der Waals surface area contributed by atoms with E-state index in [2.05, 4.69) is 13.8 Å². The van der Waals surface area contributed by atoms with Crippen LogP contribution in [-0.4, -0.2) is 23.0 Å². The number of carboxylic acid groups (broad SMARTS) is 1. The summed E-state index contributed by atoms with van der Waals surface area (Å²) in [4.78, 5) is 24.8. The van der Waals surface area contributed by atoms with Gasteiger partial charge in [0.25, 0.3) is 0 Å². The average molecular weight is 453 g/mol. The molecule has 0 heterocycles. The molecule has 0 saturated heterocycles. The Morgan fingerprint density at radius 1 is 1.23 bits per heavy atom. The van der Waals surface area contributed by atoms with Crippen molar-refractivity contribution in [1.29, 1.82) is 0 Å². The van der Waals surface area contributed by atoms with E-state index in [0.717, 1.165) is 37.7 Å². The monoisotopic (exact) mass is 452 g/mol. The van der Waals surface area contributed by atoms with Crippen LogP contribution in [0.5, 0.6) is 5.75 Å². The van der Waals surface area contributed by atoms with Crippen LogP contribution in [-0.2, 0) is 11.2 Å². The van der Waals surface area contributed by atoms with E-state index in [4.69, 9.17) is 33.0 Å². The molecule has 0 bridgehead atoms. The molecule has 0 amide bonds. The van der Waals surface area contributed by atoms with E-state index in [1.54, 1.807) is 0 Å². The van der Waals surface area contributed by atoms with Gasteiger partial charge in [-0.05, 0) is 62.0 Å². The molecule has 3 aliphatic rings. The predicted octanol–water partition coefficient (Wildman–Crippen LogP) is 6.59. The highest BCUT2D eigenvalue weighted by atomic mass is 35.5. The number of benzene rings is 1. The van der Waals surface area contributed by atoms with Gasteiger partial charge in [0.1, 0.15) is 16.9 Å². The highest BCUT2D eigenvalue weighted by Crippen LogP contribution is 2.55. The van der Waals surface area contributed by atoms with E-state index in [0.29, 0.717) is 47.4 Å². The molecule has 6 heteroatoms. The molecule has 2 fully saturated rings. The van der Waals surface area contributed by atoms with Gasteiger partial charge >= 0.3 is 5.97 Å². The van der Waals surface area contributed by atoms with Gasteiger partial charge < -0.3 is 9.84 Å². The fourth-order valence-electron chi connectivity index (χ4n) is 5.77. The van der Waals surface area contributed by atoms with Gasteiger partial charge in [-0.3, -0.25) is 9.59 Å². The Balaban J connectivity index is 1.62. The summed E-state index contributed by atoms with van der Waals surface area (Å²) in [7, 11) is 0. The summed E-state index contributed by atoms with van der Waals surface area (Å²) in [6.07, 6.45) is 7.82. The highest BCUT2D eigenvalue weighted by molar-refractivity contribution is 6.45. The largest absolute Gasteiger partial charge is 0.489 e. The second-order valence-electron chi connectivity index (χ2n) is 9.66. The van der Waals surface area contributed by atoms with Crippen LogP contribution in [0.3, 0.4) is 0 Å². The number of carbonyl (C=O) groups excluding carboxylic acids is 1. The van der Waals surface area contributed by atoms with Gasteiger partial charge in [-0.2, -0.15) is 0 Å². The lowest BCUT2D eigenvalue weighted by molar-refractivity contribution is -0.147. The van der Waals surface area contributed by atoms with E-state index in [1.165, 1.54) is 6.42 Å². The number of hydrogen-bond donors (Lipinski definition) is 1. The van der Waals surface area contributed by atoms with Crippen LogP contribution in [0.2, 0.25) is 10.0 Å². The fraction of sp³-hybridized carbons (Fsp3) is 0.667. The summed E-state index contributed by atoms with van der Waals surface area (Å²) in [6.45, 7) is 4.44. The van der Waals surface area contributed by atoms with E-state index < -0.39 is 5.97 Å². The van der Waals surface area contributed by atoms with Crippen molar-refractivity contribution in [2.75, 3.05) is 0 Å². The third-order valence-electron chi connectivity index (χ3n) is 7.63. The zero-order valence-corrected chi connectivity index (χ0v) is 19.2. The maximum Gasteiger partial charge on any atom is 0.306 e. The van der Waals surface area contributed by atoms with Gasteiger partial charge in [0.15, 0.2) is 5.78 Å². The van der Waals surface area contributed by atoms with Crippen LogP contribution in [0, 0.1) is 23.2 Å². The number of hydrogen-bond acceptors (Lipinski definition) is 3. The molecule has 164 valence electrons. The summed E-state index contributed by atoms with van der Waals surface area (Å²) in [5.41, 5.74) is 1.15. The lowest BCUT2D eigenvalue weighted by Crippen LogP contribution is -2.38. The van der Waals surface area contributed by atoms with E-state index in [1.807, 2.05) is 6.07 Å². The Morgan fingerprint density at radius 2 is 1.97 bits per heavy atom. The van der Waals surface area contributed by atoms with Crippen LogP contribution in [0.15, 0.2) is 6.07 Å². The number of ether oxygens (including phenoxy) is 1. The molecule has 3 atom stereocenters. The van der Waals surface area contributed by atoms with Crippen molar-refractivity contribution in [2.45, 2.75) is 77.7 Å². The van der Waals surface area contributed by atoms with Crippen molar-refractivity contribution in [1.82, 2.24) is 0 Å². The molecule has 0 aliphatic heterocycles. The second-order valence-corrected chi connectivity index (χ2v) is 10.4. The molecule has 3 unspecified atom stereocenters. The average Bonchev–Trinajstić information content (AvgIpc) is 3.22. The molecule has 1 aromatic carbocycles. The zero-order valence-electron chi connectivity index (χ0n) is 17.7. The summed E-state index contributed by atoms with van der Waals surface area (Å²) < 4.78 is 6.00. The summed E-state index contributed by atoms with van der Waals surface area (Å²) in [5.74, 6) is 0.549. The molecule has 0 aromatic heterocycles. The number of ketones is 1. The second kappa shape index (κ2) is 8.35. The Hall–Kier alpha value is -1.26. The lowest BCUT2D eigenvalue weighted by atomic mass is 9.68. The van der Waals surface area contributed by atoms with Gasteiger partial charge in [0, 0.05) is 11.0 Å². The zero-order chi connectivity index (χ0) is 21.6. The molecule has 1 N–H and O–H groups in total. The van der Waals surface area contributed by atoms with Gasteiger partial charge in [0.05, 0.1) is 10.9 Å². The number of rotatable bonds is 7. The third kappa shape index (κ3) is 3.64. The summed E-state index contributed by atoms with van der Waals surface area (Å²) in [6, 6.07) is 1.89. The first kappa shape index (κ1) is 22.0. The molecule has 0 radical (unpaired) electrons. The van der Waals surface area contributed by atoms with E-state index >= 15 is 0 Å². The molecule has 2 saturated carbocycles. The minimum atomic E-state index is -0.787. The van der Waals surface area contributed by atoms with Crippen LogP contribution >= 0.6 is 23.2 Å². The van der Waals surface area contributed by atoms with Gasteiger partial charge in [-0.15, -0.1) is 0 Å². The van der Waals surface area contributed by atoms with Gasteiger partial charge in [0.2, 0.25) is 0 Å². The molecule has 4 nitrogen and oxygen atoms in total. The topological polar surface area (TPSA) is 63.6 Å². The Kier molecular flexibility index (Phi) is 6.11. The number of carboxylic acids is 1. The Bertz CT molecular complexity index is 861. The minimum absolute atomic E-state index is 0.165. The molecular weight excluding hydrogens is 423 g/mol. The fourth-order valence-corrected chi connectivity index (χ4v) is 6.27. The summed E-state index contributed by atoms with van der Waals surface area (Å²) in [5, 5.41) is 9.65. The number of unbranched alkanes of at least 4 members (excludes halogenated alkanes) is 1. The van der Waals surface area contributed by atoms with Crippen LogP contribution in [0.4, 0.5) is 0 Å². The first-order valence-corrected chi connectivity index (χ1v) is 12.0. The van der Waals surface area contributed by atoms with Crippen molar-refractivity contribution in [3.63, 3.8) is 0 Å². The standard InChI is InChI=1S/C24H30Cl2O4/c1-3-4-7-24(16-6-5-13(2)8-16)12-15-11-18(20(25)21(26)19(15)22(24)27)30-17-9-14(10-17)23(28)29/h11,13-14,16-17H,3-10,12H2,1-2H3,(H,28,29). The van der Waals surface area contributed by atoms with Gasteiger partial charge in [-0.1, -0.05) is 56.3 Å². The number of aliphatic carboxylic acids is 1. The predicted molar refractivity (Wildman–Crippen MR) is 118 cm³/mol. The highest BCUT2D eigenvalue weighted by Gasteiger charge is 2.52. The Labute approximate surface area is 188 Å². The SMILES string of the molecule is CCCCC1(C2CCC(C)C2)Cc2cc(OC3CC(C(=O)O)C3)c(Cl)c(Cl)c2C1=O.